The van der Waals surface area contributed by atoms with E-state index in [1.807, 2.05) is 0 Å². The molecule has 0 unspecified atom stereocenters. The molecule has 420 valence electrons. The van der Waals surface area contributed by atoms with Crippen LogP contribution in [0.2, 0.25) is 0 Å². The highest BCUT2D eigenvalue weighted by Crippen LogP contribution is 2.28. The maximum absolute atomic E-state index is 14.3. The number of carbonyl (C=O) groups is 7. The maximum atomic E-state index is 14.3. The van der Waals surface area contributed by atoms with Crippen LogP contribution in [0, 0.1) is 5.92 Å². The van der Waals surface area contributed by atoms with Crippen LogP contribution in [0.3, 0.4) is 0 Å². The van der Waals surface area contributed by atoms with Crippen LogP contribution in [0.4, 0.5) is 0 Å². The first-order valence-corrected chi connectivity index (χ1v) is 26.2. The van der Waals surface area contributed by atoms with Crippen LogP contribution in [0.5, 0.6) is 5.75 Å². The molecule has 0 aromatic heterocycles. The molecule has 0 radical (unpaired) electrons. The van der Waals surface area contributed by atoms with Gasteiger partial charge in [-0.05, 0) is 70.1 Å². The van der Waals surface area contributed by atoms with Gasteiger partial charge in [0, 0.05) is 38.3 Å². The molecular formula is C52H81N7O16. The molecule has 23 nitrogen and oxygen atoms in total. The number of hydrogen-bond acceptors (Lipinski definition) is 16. The van der Waals surface area contributed by atoms with Crippen LogP contribution >= 0.6 is 0 Å². The number of amides is 7. The van der Waals surface area contributed by atoms with Gasteiger partial charge in [-0.15, -0.1) is 0 Å². The lowest BCUT2D eigenvalue weighted by molar-refractivity contribution is -0.148. The normalized spacial score (nSPS) is 29.4. The molecule has 3 fully saturated rings. The van der Waals surface area contributed by atoms with Crippen molar-refractivity contribution in [2.75, 3.05) is 13.1 Å². The molecular weight excluding hydrogens is 979 g/mol. The Morgan fingerprint density at radius 1 is 0.680 bits per heavy atom. The molecule has 3 aliphatic rings. The largest absolute Gasteiger partial charge is 0.508 e. The molecule has 3 heterocycles. The van der Waals surface area contributed by atoms with Crippen LogP contribution in [0.25, 0.3) is 0 Å². The Balaban J connectivity index is 1.62. The summed E-state index contributed by atoms with van der Waals surface area (Å²) >= 11 is 0. The highest BCUT2D eigenvalue weighted by molar-refractivity contribution is 5.98. The Labute approximate surface area is 437 Å². The lowest BCUT2D eigenvalue weighted by Crippen LogP contribution is -2.64. The second-order valence-electron chi connectivity index (χ2n) is 20.1. The number of fused-ring (bicyclic) bond motifs is 2. The van der Waals surface area contributed by atoms with E-state index in [0.717, 1.165) is 74.3 Å². The third-order valence-corrected chi connectivity index (χ3v) is 13.9. The van der Waals surface area contributed by atoms with Gasteiger partial charge in [-0.3, -0.25) is 33.6 Å². The van der Waals surface area contributed by atoms with Crippen LogP contribution in [-0.2, 0) is 33.6 Å². The molecule has 0 bridgehead atoms. The van der Waals surface area contributed by atoms with Gasteiger partial charge in [0.2, 0.25) is 41.4 Å². The monoisotopic (exact) mass is 1060 g/mol. The number of rotatable bonds is 20. The molecule has 1 aromatic carbocycles. The number of phenolic OH excluding ortho intramolecular Hbond substituents is 1. The van der Waals surface area contributed by atoms with Crippen molar-refractivity contribution in [3.05, 3.63) is 54.1 Å². The van der Waals surface area contributed by atoms with E-state index in [9.17, 15) is 79.5 Å². The highest BCUT2D eigenvalue weighted by atomic mass is 16.3. The van der Waals surface area contributed by atoms with Crippen LogP contribution in [0.15, 0.2) is 48.6 Å². The smallest absolute Gasteiger partial charge is 0.248 e. The second kappa shape index (κ2) is 30.3. The third kappa shape index (κ3) is 18.0. The van der Waals surface area contributed by atoms with Crippen molar-refractivity contribution < 1.29 is 79.5 Å². The van der Waals surface area contributed by atoms with E-state index in [1.165, 1.54) is 38.3 Å². The van der Waals surface area contributed by atoms with Gasteiger partial charge in [-0.1, -0.05) is 82.4 Å². The summed E-state index contributed by atoms with van der Waals surface area (Å²) in [5, 5.41) is 110. The van der Waals surface area contributed by atoms with Crippen molar-refractivity contribution in [2.45, 2.75) is 203 Å². The molecule has 3 saturated heterocycles. The number of carbonyl (C=O) groups excluding carboxylic acids is 7. The van der Waals surface area contributed by atoms with Crippen molar-refractivity contribution >= 4 is 41.4 Å². The summed E-state index contributed by atoms with van der Waals surface area (Å²) in [6.07, 6.45) is 2.50. The zero-order valence-electron chi connectivity index (χ0n) is 43.4. The third-order valence-electron chi connectivity index (χ3n) is 13.9. The number of allylic oxidation sites excluding steroid dienone is 4. The Hall–Kier alpha value is -5.53. The second-order valence-corrected chi connectivity index (χ2v) is 20.1. The minimum absolute atomic E-state index is 0.0614. The van der Waals surface area contributed by atoms with E-state index in [1.54, 1.807) is 0 Å². The van der Waals surface area contributed by atoms with Gasteiger partial charge in [0.05, 0.1) is 24.4 Å². The zero-order valence-corrected chi connectivity index (χ0v) is 43.4. The SMILES string of the molecule is CCCCC/C=C/C/C=C/CCCCCCCC(=O)N[C@H]1C[C@@H](O)[C@@H](O)NC(=O)[C@@H]2[C@@H](O)[C@@H](C)CN2C(=O)[C@H]([C@@H](C)O)NC(=O)[C@H]([C@H](O)[C@@H](O)c2ccc(O)cc2)NC(=O)[C@@H]2C[C@@H](O)CN2C(=O)[C@H]([C@@H](C)O)NC1=O. The molecule has 23 heteroatoms. The number of aliphatic hydroxyl groups excluding tert-OH is 8. The first-order valence-electron chi connectivity index (χ1n) is 26.2. The Morgan fingerprint density at radius 3 is 1.85 bits per heavy atom. The Morgan fingerprint density at radius 2 is 1.24 bits per heavy atom. The van der Waals surface area contributed by atoms with E-state index in [4.69, 9.17) is 0 Å². The summed E-state index contributed by atoms with van der Waals surface area (Å²) < 4.78 is 0. The van der Waals surface area contributed by atoms with Gasteiger partial charge in [0.25, 0.3) is 0 Å². The fourth-order valence-electron chi connectivity index (χ4n) is 9.39. The summed E-state index contributed by atoms with van der Waals surface area (Å²) in [6.45, 7) is 4.97. The first kappa shape index (κ1) is 62.0. The molecule has 3 aliphatic heterocycles. The number of unbranched alkanes of at least 4 members (excludes halogenated alkanes) is 8. The number of benzene rings is 1. The van der Waals surface area contributed by atoms with Crippen LogP contribution in [0.1, 0.15) is 129 Å². The van der Waals surface area contributed by atoms with Crippen molar-refractivity contribution in [3.8, 4) is 5.75 Å². The zero-order chi connectivity index (χ0) is 55.5. The quantitative estimate of drug-likeness (QED) is 0.0531. The average Bonchev–Trinajstić information content (AvgIpc) is 3.91. The number of phenols is 1. The molecule has 15 atom stereocenters. The molecule has 0 saturated carbocycles. The lowest BCUT2D eigenvalue weighted by Gasteiger charge is -2.34. The average molecular weight is 1060 g/mol. The minimum Gasteiger partial charge on any atom is -0.508 e. The molecule has 4 rings (SSSR count). The van der Waals surface area contributed by atoms with Crippen LogP contribution < -0.4 is 26.6 Å². The summed E-state index contributed by atoms with van der Waals surface area (Å²) in [5.74, 6) is -8.97. The van der Waals surface area contributed by atoms with Gasteiger partial charge in [0.15, 0.2) is 6.23 Å². The number of aliphatic hydroxyl groups is 8. The lowest BCUT2D eigenvalue weighted by atomic mass is 9.96. The number of nitrogens with one attached hydrogen (secondary N) is 5. The highest BCUT2D eigenvalue weighted by Gasteiger charge is 2.50. The van der Waals surface area contributed by atoms with Gasteiger partial charge in [0.1, 0.15) is 60.3 Å². The molecule has 0 spiro atoms. The van der Waals surface area contributed by atoms with Crippen molar-refractivity contribution in [2.24, 2.45) is 5.92 Å². The standard InChI is InChI=1S/C52H81N7O16/c1-5-6-7-8-9-10-11-12-13-14-15-16-17-18-19-20-38(65)53-35-26-37(64)48(71)57-50(73)42-43(66)29(2)27-59(42)52(75)40(31(4)61)55-49(72)41(45(68)44(67)32-21-23-33(62)24-22-32)56-47(70)36-25-34(63)28-58(36)51(74)39(30(3)60)54-46(35)69/h9-10,12-13,21-24,29-31,34-37,39-45,48,60-64,66-68,71H,5-8,11,14-20,25-28H2,1-4H3,(H,53,65)(H,54,69)(H,55,72)(H,56,70)(H,57,73)/b10-9+,13-12+/t29-,30+,31+,34+,35-,36-,37+,39-,40-,41-,42-,43-,44-,45-,48+/m0/s1. The van der Waals surface area contributed by atoms with Crippen molar-refractivity contribution in [1.29, 1.82) is 0 Å². The van der Waals surface area contributed by atoms with E-state index in [0.29, 0.717) is 12.8 Å². The van der Waals surface area contributed by atoms with E-state index >= 15 is 0 Å². The topological polar surface area (TPSA) is 368 Å². The van der Waals surface area contributed by atoms with Gasteiger partial charge in [-0.2, -0.15) is 0 Å². The van der Waals surface area contributed by atoms with Crippen molar-refractivity contribution in [1.82, 2.24) is 36.4 Å². The summed E-state index contributed by atoms with van der Waals surface area (Å²) in [5.41, 5.74) is -0.0614. The molecule has 1 aromatic rings. The molecule has 14 N–H and O–H groups in total. The fraction of sp³-hybridized carbons (Fsp3) is 0.673. The minimum atomic E-state index is -2.27. The van der Waals surface area contributed by atoms with Crippen molar-refractivity contribution in [3.63, 3.8) is 0 Å². The predicted octanol–water partition coefficient (Wildman–Crippen LogP) is -1.33. The summed E-state index contributed by atoms with van der Waals surface area (Å²) in [6, 6.07) is -6.61. The van der Waals surface area contributed by atoms with E-state index < -0.39 is 152 Å². The van der Waals surface area contributed by atoms with Gasteiger partial charge in [-0.25, -0.2) is 0 Å². The summed E-state index contributed by atoms with van der Waals surface area (Å²) in [4.78, 5) is 100. The number of aromatic hydroxyl groups is 1. The number of nitrogens with zero attached hydrogens (tertiary/aromatic N) is 2. The maximum Gasteiger partial charge on any atom is 0.248 e. The molecule has 0 aliphatic carbocycles. The fourth-order valence-corrected chi connectivity index (χ4v) is 9.39. The van der Waals surface area contributed by atoms with Gasteiger partial charge >= 0.3 is 0 Å². The molecule has 7 amide bonds. The van der Waals surface area contributed by atoms with E-state index in [2.05, 4.69) is 57.8 Å². The first-order chi connectivity index (χ1) is 35.6. The Bertz CT molecular complexity index is 2110. The predicted molar refractivity (Wildman–Crippen MR) is 271 cm³/mol. The van der Waals surface area contributed by atoms with E-state index in [-0.39, 0.29) is 24.3 Å². The molecule has 75 heavy (non-hydrogen) atoms. The Kier molecular flexibility index (Phi) is 25.0. The van der Waals surface area contributed by atoms with Gasteiger partial charge < -0.3 is 82.3 Å². The summed E-state index contributed by atoms with van der Waals surface area (Å²) in [7, 11) is 0. The number of hydrogen-bond donors (Lipinski definition) is 14. The van der Waals surface area contributed by atoms with Crippen LogP contribution in [-0.4, -0.2) is 189 Å².